The number of likely N-dealkylation sites (tertiary alicyclic amines) is 1. The normalized spacial score (nSPS) is 18.4. The predicted octanol–water partition coefficient (Wildman–Crippen LogP) is 1.86. The minimum absolute atomic E-state index is 0.00595. The molecule has 0 radical (unpaired) electrons. The Labute approximate surface area is 183 Å². The third kappa shape index (κ3) is 5.23. The fourth-order valence-electron chi connectivity index (χ4n) is 4.40. The van der Waals surface area contributed by atoms with E-state index in [1.807, 2.05) is 17.2 Å². The molecule has 0 aliphatic carbocycles. The number of hydrogen-bond acceptors (Lipinski definition) is 7. The van der Waals surface area contributed by atoms with Crippen molar-refractivity contribution in [1.29, 1.82) is 0 Å². The van der Waals surface area contributed by atoms with Gasteiger partial charge >= 0.3 is 0 Å². The quantitative estimate of drug-likeness (QED) is 0.667. The fourth-order valence-corrected chi connectivity index (χ4v) is 5.24. The maximum atomic E-state index is 12.6. The van der Waals surface area contributed by atoms with E-state index in [9.17, 15) is 13.2 Å². The molecule has 9 nitrogen and oxygen atoms in total. The van der Waals surface area contributed by atoms with Crippen molar-refractivity contribution in [2.24, 2.45) is 0 Å². The highest BCUT2D eigenvalue weighted by atomic mass is 32.2. The van der Waals surface area contributed by atoms with Crippen LogP contribution in [0.4, 0.5) is 5.95 Å². The molecule has 168 valence electrons. The third-order valence-corrected chi connectivity index (χ3v) is 7.27. The van der Waals surface area contributed by atoms with E-state index in [1.165, 1.54) is 18.9 Å². The number of aryl methyl sites for hydroxylation is 1. The summed E-state index contributed by atoms with van der Waals surface area (Å²) >= 11 is 0. The number of carbonyl (C=O) groups is 1. The number of rotatable bonds is 6. The summed E-state index contributed by atoms with van der Waals surface area (Å²) < 4.78 is 26.5. The monoisotopic (exact) mass is 446 g/mol. The molecule has 2 aromatic heterocycles. The molecule has 2 saturated heterocycles. The number of sulfone groups is 1. The van der Waals surface area contributed by atoms with Crippen molar-refractivity contribution in [2.75, 3.05) is 37.3 Å². The van der Waals surface area contributed by atoms with E-state index in [4.69, 9.17) is 4.98 Å². The Morgan fingerprint density at radius 3 is 2.52 bits per heavy atom. The first kappa shape index (κ1) is 21.7. The Morgan fingerprint density at radius 2 is 1.87 bits per heavy atom. The second-order valence-corrected chi connectivity index (χ2v) is 10.4. The van der Waals surface area contributed by atoms with Crippen LogP contribution in [0.15, 0.2) is 29.6 Å². The highest BCUT2D eigenvalue weighted by molar-refractivity contribution is 7.90. The van der Waals surface area contributed by atoms with Crippen molar-refractivity contribution in [3.63, 3.8) is 0 Å². The van der Waals surface area contributed by atoms with E-state index in [2.05, 4.69) is 15.0 Å². The van der Waals surface area contributed by atoms with Gasteiger partial charge in [-0.15, -0.1) is 0 Å². The molecule has 0 saturated carbocycles. The fraction of sp³-hybridized carbons (Fsp3) is 0.619. The lowest BCUT2D eigenvalue weighted by Gasteiger charge is -2.33. The minimum atomic E-state index is -3.43. The van der Waals surface area contributed by atoms with Gasteiger partial charge in [0.2, 0.25) is 11.9 Å². The molecule has 2 fully saturated rings. The number of carbonyl (C=O) groups excluding carboxylic acids is 1. The molecule has 4 rings (SSSR count). The second kappa shape index (κ2) is 9.33. The molecule has 0 spiro atoms. The molecule has 0 atom stereocenters. The molecule has 0 aromatic carbocycles. The Bertz CT molecular complexity index is 994. The lowest BCUT2D eigenvalue weighted by Crippen LogP contribution is -2.39. The van der Waals surface area contributed by atoms with Crippen LogP contribution in [0.2, 0.25) is 0 Å². The Hall–Kier alpha value is -2.49. The topological polar surface area (TPSA) is 101 Å². The van der Waals surface area contributed by atoms with E-state index >= 15 is 0 Å². The van der Waals surface area contributed by atoms with Gasteiger partial charge in [-0.2, -0.15) is 5.10 Å². The molecule has 0 N–H and O–H groups in total. The van der Waals surface area contributed by atoms with Crippen LogP contribution in [0.5, 0.6) is 0 Å². The maximum Gasteiger partial charge on any atom is 0.225 e. The van der Waals surface area contributed by atoms with Crippen LogP contribution in [0.3, 0.4) is 0 Å². The van der Waals surface area contributed by atoms with Gasteiger partial charge in [-0.3, -0.25) is 9.48 Å². The summed E-state index contributed by atoms with van der Waals surface area (Å²) in [4.78, 5) is 25.9. The van der Waals surface area contributed by atoms with Gasteiger partial charge in [0.15, 0.2) is 9.84 Å². The van der Waals surface area contributed by atoms with Gasteiger partial charge in [0, 0.05) is 63.7 Å². The van der Waals surface area contributed by atoms with Crippen molar-refractivity contribution in [3.05, 3.63) is 30.4 Å². The van der Waals surface area contributed by atoms with Crippen LogP contribution in [0, 0.1) is 0 Å². The maximum absolute atomic E-state index is 12.6. The summed E-state index contributed by atoms with van der Waals surface area (Å²) in [5.74, 6) is 0.736. The van der Waals surface area contributed by atoms with Gasteiger partial charge in [0.25, 0.3) is 0 Å². The standard InChI is InChI=1S/C21H30N6O3S/c1-31(29,30)18-16-22-21(26-10-3-2-4-11-26)24-20(18)17-6-13-25(14-7-17)19(28)8-15-27-12-5-9-23-27/h5,9,12,16-17H,2-4,6-8,10-11,13-15H2,1H3. The van der Waals surface area contributed by atoms with Crippen molar-refractivity contribution in [3.8, 4) is 0 Å². The average Bonchev–Trinajstić information content (AvgIpc) is 3.31. The van der Waals surface area contributed by atoms with Gasteiger partial charge in [-0.05, 0) is 38.2 Å². The zero-order chi connectivity index (χ0) is 21.8. The Morgan fingerprint density at radius 1 is 1.13 bits per heavy atom. The summed E-state index contributed by atoms with van der Waals surface area (Å²) in [5, 5.41) is 4.14. The zero-order valence-corrected chi connectivity index (χ0v) is 18.8. The first-order valence-electron chi connectivity index (χ1n) is 11.0. The predicted molar refractivity (Wildman–Crippen MR) is 117 cm³/mol. The lowest BCUT2D eigenvalue weighted by atomic mass is 9.93. The number of nitrogens with zero attached hydrogens (tertiary/aromatic N) is 6. The number of piperidine rings is 2. The molecule has 0 bridgehead atoms. The van der Waals surface area contributed by atoms with E-state index in [-0.39, 0.29) is 16.7 Å². The molecule has 2 aromatic rings. The van der Waals surface area contributed by atoms with Crippen LogP contribution < -0.4 is 4.90 Å². The van der Waals surface area contributed by atoms with E-state index in [1.54, 1.807) is 10.9 Å². The Balaban J connectivity index is 1.45. The van der Waals surface area contributed by atoms with Crippen molar-refractivity contribution >= 4 is 21.7 Å². The number of anilines is 1. The van der Waals surface area contributed by atoms with Crippen molar-refractivity contribution < 1.29 is 13.2 Å². The molecule has 31 heavy (non-hydrogen) atoms. The third-order valence-electron chi connectivity index (χ3n) is 6.16. The average molecular weight is 447 g/mol. The number of amides is 1. The molecule has 2 aliphatic rings. The summed E-state index contributed by atoms with van der Waals surface area (Å²) in [6.45, 7) is 3.58. The van der Waals surface area contributed by atoms with E-state index < -0.39 is 9.84 Å². The minimum Gasteiger partial charge on any atom is -0.343 e. The first-order valence-corrected chi connectivity index (χ1v) is 12.9. The molecule has 0 unspecified atom stereocenters. The van der Waals surface area contributed by atoms with E-state index in [0.717, 1.165) is 25.9 Å². The molecule has 4 heterocycles. The van der Waals surface area contributed by atoms with Gasteiger partial charge in [0.1, 0.15) is 4.90 Å². The summed E-state index contributed by atoms with van der Waals surface area (Å²) in [5.41, 5.74) is 0.613. The highest BCUT2D eigenvalue weighted by Gasteiger charge is 2.30. The van der Waals surface area contributed by atoms with Crippen molar-refractivity contribution in [2.45, 2.75) is 55.9 Å². The molecular weight excluding hydrogens is 416 g/mol. The molecule has 1 amide bonds. The highest BCUT2D eigenvalue weighted by Crippen LogP contribution is 2.32. The largest absolute Gasteiger partial charge is 0.343 e. The zero-order valence-electron chi connectivity index (χ0n) is 18.0. The molecular formula is C21H30N6O3S. The van der Waals surface area contributed by atoms with Crippen LogP contribution >= 0.6 is 0 Å². The Kier molecular flexibility index (Phi) is 6.54. The van der Waals surface area contributed by atoms with Crippen LogP contribution in [-0.4, -0.2) is 71.4 Å². The van der Waals surface area contributed by atoms with Crippen LogP contribution in [0.25, 0.3) is 0 Å². The smallest absolute Gasteiger partial charge is 0.225 e. The second-order valence-electron chi connectivity index (χ2n) is 8.41. The number of hydrogen-bond donors (Lipinski definition) is 0. The summed E-state index contributed by atoms with van der Waals surface area (Å²) in [7, 11) is -3.43. The van der Waals surface area contributed by atoms with Crippen LogP contribution in [-0.2, 0) is 21.2 Å². The molecule has 2 aliphatic heterocycles. The van der Waals surface area contributed by atoms with Gasteiger partial charge in [-0.1, -0.05) is 0 Å². The summed E-state index contributed by atoms with van der Waals surface area (Å²) in [6.07, 6.45) is 11.5. The number of aromatic nitrogens is 4. The van der Waals surface area contributed by atoms with Gasteiger partial charge in [-0.25, -0.2) is 18.4 Å². The summed E-state index contributed by atoms with van der Waals surface area (Å²) in [6, 6.07) is 1.84. The van der Waals surface area contributed by atoms with Gasteiger partial charge < -0.3 is 9.80 Å². The first-order chi connectivity index (χ1) is 14.9. The SMILES string of the molecule is CS(=O)(=O)c1cnc(N2CCCCC2)nc1C1CCN(C(=O)CCn2cccn2)CC1. The van der Waals surface area contributed by atoms with Gasteiger partial charge in [0.05, 0.1) is 11.9 Å². The molecule has 10 heteroatoms. The van der Waals surface area contributed by atoms with Crippen molar-refractivity contribution in [1.82, 2.24) is 24.6 Å². The lowest BCUT2D eigenvalue weighted by molar-refractivity contribution is -0.132. The van der Waals surface area contributed by atoms with Crippen LogP contribution in [0.1, 0.15) is 50.1 Å². The van der Waals surface area contributed by atoms with E-state index in [0.29, 0.717) is 50.5 Å².